The maximum atomic E-state index is 13.3. The van der Waals surface area contributed by atoms with Crippen LogP contribution in [0.3, 0.4) is 0 Å². The van der Waals surface area contributed by atoms with Gasteiger partial charge in [-0.2, -0.15) is 0 Å². The molecule has 0 aliphatic heterocycles. The molecule has 128 valence electrons. The molecule has 0 aromatic heterocycles. The van der Waals surface area contributed by atoms with E-state index in [2.05, 4.69) is 4.74 Å². The normalized spacial score (nSPS) is 11.9. The molecule has 1 rings (SSSR count). The Bertz CT molecular complexity index is 551. The lowest BCUT2D eigenvalue weighted by Crippen LogP contribution is -2.38. The first-order valence-electron chi connectivity index (χ1n) is 7.21. The maximum absolute atomic E-state index is 13.3. The van der Waals surface area contributed by atoms with E-state index in [-0.39, 0.29) is 12.1 Å². The van der Waals surface area contributed by atoms with Gasteiger partial charge >= 0.3 is 5.97 Å². The van der Waals surface area contributed by atoms with Crippen LogP contribution in [0.1, 0.15) is 23.7 Å². The van der Waals surface area contributed by atoms with Crippen molar-refractivity contribution in [3.8, 4) is 0 Å². The van der Waals surface area contributed by atoms with Crippen LogP contribution < -0.4 is 0 Å². The third-order valence-electron chi connectivity index (χ3n) is 3.33. The number of benzene rings is 1. The van der Waals surface area contributed by atoms with E-state index >= 15 is 0 Å². The van der Waals surface area contributed by atoms with Crippen LogP contribution in [0.15, 0.2) is 18.2 Å². The summed E-state index contributed by atoms with van der Waals surface area (Å²) in [5, 5.41) is 0. The van der Waals surface area contributed by atoms with Crippen LogP contribution in [-0.2, 0) is 14.3 Å². The molecular weight excluding hydrogens is 308 g/mol. The van der Waals surface area contributed by atoms with E-state index in [0.717, 1.165) is 12.1 Å². The van der Waals surface area contributed by atoms with Crippen molar-refractivity contribution < 1.29 is 27.8 Å². The highest BCUT2D eigenvalue weighted by atomic mass is 19.2. The fourth-order valence-electron chi connectivity index (χ4n) is 2.09. The number of amides is 1. The standard InChI is InChI=1S/C16H21F2NO4/c1-11(16(21)23-3)10-19(7-4-8-22-2)15(20)12-5-6-13(17)14(18)9-12/h5-6,9,11H,4,7-8,10H2,1-3H3. The lowest BCUT2D eigenvalue weighted by molar-refractivity contribution is -0.145. The van der Waals surface area contributed by atoms with Gasteiger partial charge in [-0.3, -0.25) is 9.59 Å². The Morgan fingerprint density at radius 3 is 2.48 bits per heavy atom. The summed E-state index contributed by atoms with van der Waals surface area (Å²) in [5.41, 5.74) is 0.0263. The number of carbonyl (C=O) groups excluding carboxylic acids is 2. The molecule has 0 radical (unpaired) electrons. The summed E-state index contributed by atoms with van der Waals surface area (Å²) < 4.78 is 35.9. The molecule has 0 N–H and O–H groups in total. The molecule has 0 saturated carbocycles. The van der Waals surface area contributed by atoms with Gasteiger partial charge in [0, 0.05) is 32.4 Å². The monoisotopic (exact) mass is 329 g/mol. The lowest BCUT2D eigenvalue weighted by atomic mass is 10.1. The van der Waals surface area contributed by atoms with Gasteiger partial charge in [0.25, 0.3) is 5.91 Å². The number of ether oxygens (including phenoxy) is 2. The Morgan fingerprint density at radius 1 is 1.22 bits per heavy atom. The van der Waals surface area contributed by atoms with E-state index in [1.165, 1.54) is 18.1 Å². The molecule has 0 spiro atoms. The van der Waals surface area contributed by atoms with Crippen molar-refractivity contribution in [2.45, 2.75) is 13.3 Å². The van der Waals surface area contributed by atoms with Crippen molar-refractivity contribution in [3.05, 3.63) is 35.4 Å². The van der Waals surface area contributed by atoms with Crippen LogP contribution in [0.5, 0.6) is 0 Å². The lowest BCUT2D eigenvalue weighted by Gasteiger charge is -2.25. The SMILES string of the molecule is COCCCN(CC(C)C(=O)OC)C(=O)c1ccc(F)c(F)c1. The molecule has 23 heavy (non-hydrogen) atoms. The zero-order valence-electron chi connectivity index (χ0n) is 13.5. The maximum Gasteiger partial charge on any atom is 0.310 e. The second-order valence-electron chi connectivity index (χ2n) is 5.15. The van der Waals surface area contributed by atoms with Gasteiger partial charge in [0.15, 0.2) is 11.6 Å². The van der Waals surface area contributed by atoms with Gasteiger partial charge in [-0.05, 0) is 24.6 Å². The molecule has 1 amide bonds. The summed E-state index contributed by atoms with van der Waals surface area (Å²) in [5.74, 6) is -3.56. The van der Waals surface area contributed by atoms with E-state index in [4.69, 9.17) is 4.74 Å². The van der Waals surface area contributed by atoms with Crippen molar-refractivity contribution in [1.29, 1.82) is 0 Å². The minimum absolute atomic E-state index is 0.0263. The molecule has 0 bridgehead atoms. The predicted molar refractivity (Wildman–Crippen MR) is 79.9 cm³/mol. The fraction of sp³-hybridized carbons (Fsp3) is 0.500. The number of hydrogen-bond acceptors (Lipinski definition) is 4. The molecule has 0 heterocycles. The molecule has 1 aromatic rings. The first-order valence-corrected chi connectivity index (χ1v) is 7.21. The van der Waals surface area contributed by atoms with Gasteiger partial charge in [-0.15, -0.1) is 0 Å². The van der Waals surface area contributed by atoms with Crippen molar-refractivity contribution in [1.82, 2.24) is 4.90 Å². The van der Waals surface area contributed by atoms with Crippen LogP contribution >= 0.6 is 0 Å². The topological polar surface area (TPSA) is 55.8 Å². The highest BCUT2D eigenvalue weighted by molar-refractivity contribution is 5.94. The van der Waals surface area contributed by atoms with Crippen molar-refractivity contribution in [3.63, 3.8) is 0 Å². The molecule has 0 aliphatic carbocycles. The van der Waals surface area contributed by atoms with Crippen LogP contribution in [0, 0.1) is 17.6 Å². The van der Waals surface area contributed by atoms with Crippen LogP contribution in [-0.4, -0.2) is 50.7 Å². The van der Waals surface area contributed by atoms with Gasteiger partial charge in [-0.1, -0.05) is 6.92 Å². The number of rotatable bonds is 8. The number of esters is 1. The molecular formula is C16H21F2NO4. The summed E-state index contributed by atoms with van der Waals surface area (Å²) >= 11 is 0. The number of halogens is 2. The van der Waals surface area contributed by atoms with Crippen molar-refractivity contribution >= 4 is 11.9 Å². The molecule has 0 fully saturated rings. The average molecular weight is 329 g/mol. The highest BCUT2D eigenvalue weighted by Gasteiger charge is 2.23. The van der Waals surface area contributed by atoms with Crippen LogP contribution in [0.4, 0.5) is 8.78 Å². The van der Waals surface area contributed by atoms with Gasteiger partial charge in [0.1, 0.15) is 0 Å². The zero-order chi connectivity index (χ0) is 17.4. The quantitative estimate of drug-likeness (QED) is 0.542. The Balaban J connectivity index is 2.90. The Morgan fingerprint density at radius 2 is 1.91 bits per heavy atom. The number of carbonyl (C=O) groups is 2. The van der Waals surface area contributed by atoms with Crippen molar-refractivity contribution in [2.75, 3.05) is 33.9 Å². The molecule has 0 saturated heterocycles. The second-order valence-corrected chi connectivity index (χ2v) is 5.15. The van der Waals surface area contributed by atoms with Gasteiger partial charge in [-0.25, -0.2) is 8.78 Å². The summed E-state index contributed by atoms with van der Waals surface area (Å²) in [6.07, 6.45) is 0.555. The van der Waals surface area contributed by atoms with E-state index in [9.17, 15) is 18.4 Å². The van der Waals surface area contributed by atoms with Crippen molar-refractivity contribution in [2.24, 2.45) is 5.92 Å². The zero-order valence-corrected chi connectivity index (χ0v) is 13.5. The first-order chi connectivity index (χ1) is 10.9. The Kier molecular flexibility index (Phi) is 7.61. The predicted octanol–water partition coefficient (Wildman–Crippen LogP) is 2.25. The largest absolute Gasteiger partial charge is 0.469 e. The minimum Gasteiger partial charge on any atom is -0.469 e. The van der Waals surface area contributed by atoms with E-state index in [0.29, 0.717) is 19.6 Å². The summed E-state index contributed by atoms with van der Waals surface area (Å²) in [6.45, 7) is 2.52. The number of nitrogens with zero attached hydrogens (tertiary/aromatic N) is 1. The van der Waals surface area contributed by atoms with E-state index < -0.39 is 29.4 Å². The fourth-order valence-corrected chi connectivity index (χ4v) is 2.09. The molecule has 5 nitrogen and oxygen atoms in total. The van der Waals surface area contributed by atoms with E-state index in [1.54, 1.807) is 14.0 Å². The summed E-state index contributed by atoms with van der Waals surface area (Å²) in [6, 6.07) is 2.97. The summed E-state index contributed by atoms with van der Waals surface area (Å²) in [4.78, 5) is 25.4. The van der Waals surface area contributed by atoms with Gasteiger partial charge < -0.3 is 14.4 Å². The van der Waals surface area contributed by atoms with E-state index in [1.807, 2.05) is 0 Å². The number of hydrogen-bond donors (Lipinski definition) is 0. The third kappa shape index (κ3) is 5.59. The smallest absolute Gasteiger partial charge is 0.310 e. The number of methoxy groups -OCH3 is 2. The van der Waals surface area contributed by atoms with Crippen LogP contribution in [0.25, 0.3) is 0 Å². The first kappa shape index (κ1) is 19.0. The summed E-state index contributed by atoms with van der Waals surface area (Å²) in [7, 11) is 2.81. The molecule has 1 atom stereocenters. The Hall–Kier alpha value is -2.02. The van der Waals surface area contributed by atoms with Gasteiger partial charge in [0.05, 0.1) is 13.0 Å². The average Bonchev–Trinajstić information content (AvgIpc) is 2.55. The Labute approximate surface area is 134 Å². The minimum atomic E-state index is -1.09. The molecule has 1 unspecified atom stereocenters. The van der Waals surface area contributed by atoms with Gasteiger partial charge in [0.2, 0.25) is 0 Å². The second kappa shape index (κ2) is 9.19. The highest BCUT2D eigenvalue weighted by Crippen LogP contribution is 2.13. The molecule has 0 aliphatic rings. The third-order valence-corrected chi connectivity index (χ3v) is 3.33. The van der Waals surface area contributed by atoms with Crippen LogP contribution in [0.2, 0.25) is 0 Å². The molecule has 7 heteroatoms. The molecule has 1 aromatic carbocycles.